The number of carbonyl (C=O) groups is 2. The molecule has 8 nitrogen and oxygen atoms in total. The van der Waals surface area contributed by atoms with E-state index in [1.807, 2.05) is 45.0 Å². The molecule has 3 rings (SSSR count). The van der Waals surface area contributed by atoms with Crippen LogP contribution in [0.1, 0.15) is 54.3 Å². The fraction of sp³-hybridized carbons (Fsp3) is 0.333. The molecule has 1 aromatic carbocycles. The summed E-state index contributed by atoms with van der Waals surface area (Å²) in [5.74, 6) is -0.00339. The molecule has 2 heterocycles. The number of Topliss-reactive ketones (excluding diaryl/α,β-unsaturated/α-hetero) is 1. The van der Waals surface area contributed by atoms with E-state index in [9.17, 15) is 9.59 Å². The fourth-order valence-corrected chi connectivity index (χ4v) is 3.18. The van der Waals surface area contributed by atoms with Gasteiger partial charge in [-0.15, -0.1) is 5.10 Å². The second-order valence-corrected chi connectivity index (χ2v) is 7.33. The molecule has 0 aliphatic carbocycles. The predicted octanol–water partition coefficient (Wildman–Crippen LogP) is 2.93. The number of aromatic nitrogens is 5. The van der Waals surface area contributed by atoms with Gasteiger partial charge in [0.2, 0.25) is 5.13 Å². The van der Waals surface area contributed by atoms with Crippen molar-refractivity contribution in [1.82, 2.24) is 24.4 Å². The van der Waals surface area contributed by atoms with Gasteiger partial charge in [0.25, 0.3) is 5.91 Å². The molecule has 3 aromatic rings. The van der Waals surface area contributed by atoms with Crippen LogP contribution < -0.4 is 5.32 Å². The molecule has 140 valence electrons. The minimum atomic E-state index is -0.400. The van der Waals surface area contributed by atoms with E-state index in [-0.39, 0.29) is 23.8 Å². The van der Waals surface area contributed by atoms with Crippen LogP contribution in [0.5, 0.6) is 0 Å². The topological polar surface area (TPSA) is 103 Å². The molecule has 1 amide bonds. The van der Waals surface area contributed by atoms with Crippen molar-refractivity contribution < 1.29 is 9.59 Å². The molecule has 0 spiro atoms. The Labute approximate surface area is 160 Å². The van der Waals surface area contributed by atoms with Gasteiger partial charge in [-0.05, 0) is 31.9 Å². The van der Waals surface area contributed by atoms with Crippen molar-refractivity contribution in [2.45, 2.75) is 40.0 Å². The van der Waals surface area contributed by atoms with Crippen LogP contribution in [0.25, 0.3) is 5.69 Å². The van der Waals surface area contributed by atoms with Gasteiger partial charge in [0.1, 0.15) is 5.78 Å². The van der Waals surface area contributed by atoms with Crippen LogP contribution in [-0.2, 0) is 11.2 Å². The Kier molecular flexibility index (Phi) is 5.41. The Hall–Kier alpha value is -2.94. The molecule has 27 heavy (non-hydrogen) atoms. The molecule has 0 saturated heterocycles. The third-order valence-corrected chi connectivity index (χ3v) is 4.51. The molecule has 9 heteroatoms. The Morgan fingerprint density at radius 2 is 1.93 bits per heavy atom. The molecule has 0 aliphatic heterocycles. The van der Waals surface area contributed by atoms with Crippen LogP contribution in [0.2, 0.25) is 0 Å². The lowest BCUT2D eigenvalue weighted by Crippen LogP contribution is -2.16. The maximum atomic E-state index is 12.7. The molecular formula is C18H20N6O2S. The second-order valence-electron chi connectivity index (χ2n) is 6.57. The van der Waals surface area contributed by atoms with Gasteiger partial charge in [0.05, 0.1) is 17.8 Å². The quantitative estimate of drug-likeness (QED) is 0.701. The summed E-state index contributed by atoms with van der Waals surface area (Å²) in [5.41, 5.74) is 2.94. The first-order chi connectivity index (χ1) is 12.8. The summed E-state index contributed by atoms with van der Waals surface area (Å²) in [6, 6.07) is 7.85. The van der Waals surface area contributed by atoms with Crippen LogP contribution in [0, 0.1) is 6.92 Å². The highest BCUT2D eigenvalue weighted by Crippen LogP contribution is 2.23. The average Bonchev–Trinajstić information content (AvgIpc) is 3.22. The molecule has 0 bridgehead atoms. The van der Waals surface area contributed by atoms with Gasteiger partial charge in [-0.3, -0.25) is 14.9 Å². The Balaban J connectivity index is 1.87. The maximum Gasteiger partial charge on any atom is 0.279 e. The van der Waals surface area contributed by atoms with Crippen LogP contribution >= 0.6 is 11.5 Å². The third-order valence-electron chi connectivity index (χ3n) is 3.84. The normalized spacial score (nSPS) is 11.0. The molecule has 2 aromatic heterocycles. The number of carbonyl (C=O) groups excluding carboxylic acids is 2. The third kappa shape index (κ3) is 4.25. The van der Waals surface area contributed by atoms with Gasteiger partial charge in [-0.2, -0.15) is 4.37 Å². The average molecular weight is 384 g/mol. The van der Waals surface area contributed by atoms with Gasteiger partial charge < -0.3 is 0 Å². The minimum absolute atomic E-state index is 0.0322. The van der Waals surface area contributed by atoms with E-state index in [0.29, 0.717) is 16.6 Å². The molecule has 0 aliphatic rings. The highest BCUT2D eigenvalue weighted by molar-refractivity contribution is 7.09. The Morgan fingerprint density at radius 1 is 1.22 bits per heavy atom. The van der Waals surface area contributed by atoms with Crippen molar-refractivity contribution in [3.63, 3.8) is 0 Å². The van der Waals surface area contributed by atoms with E-state index in [1.54, 1.807) is 4.68 Å². The van der Waals surface area contributed by atoms with Crippen molar-refractivity contribution in [2.24, 2.45) is 0 Å². The lowest BCUT2D eigenvalue weighted by molar-refractivity contribution is -0.116. The van der Waals surface area contributed by atoms with Crippen molar-refractivity contribution in [3.05, 3.63) is 47.0 Å². The zero-order chi connectivity index (χ0) is 19.6. The molecule has 0 unspecified atom stereocenters. The summed E-state index contributed by atoms with van der Waals surface area (Å²) in [6.45, 7) is 7.44. The van der Waals surface area contributed by atoms with E-state index >= 15 is 0 Å². The SMILES string of the molecule is CC(=O)Cc1nsc(NC(=O)c2nnn(-c3ccc(C)cc3)c2C(C)C)n1. The predicted molar refractivity (Wildman–Crippen MR) is 102 cm³/mol. The number of anilines is 1. The molecule has 0 saturated carbocycles. The number of rotatable bonds is 6. The number of aryl methyl sites for hydroxylation is 1. The first-order valence-corrected chi connectivity index (χ1v) is 9.28. The summed E-state index contributed by atoms with van der Waals surface area (Å²) in [5, 5.41) is 11.3. The maximum absolute atomic E-state index is 12.7. The van der Waals surface area contributed by atoms with E-state index in [2.05, 4.69) is 25.0 Å². The fourth-order valence-electron chi connectivity index (χ4n) is 2.60. The van der Waals surface area contributed by atoms with Crippen LogP contribution in [0.3, 0.4) is 0 Å². The lowest BCUT2D eigenvalue weighted by Gasteiger charge is -2.11. The first kappa shape index (κ1) is 18.8. The molecule has 0 fully saturated rings. The van der Waals surface area contributed by atoms with E-state index in [4.69, 9.17) is 0 Å². The van der Waals surface area contributed by atoms with E-state index < -0.39 is 5.91 Å². The highest BCUT2D eigenvalue weighted by Gasteiger charge is 2.24. The van der Waals surface area contributed by atoms with E-state index in [0.717, 1.165) is 22.8 Å². The lowest BCUT2D eigenvalue weighted by atomic mass is 10.1. The highest BCUT2D eigenvalue weighted by atomic mass is 32.1. The van der Waals surface area contributed by atoms with E-state index in [1.165, 1.54) is 6.92 Å². The van der Waals surface area contributed by atoms with Crippen LogP contribution in [-0.4, -0.2) is 36.0 Å². The van der Waals surface area contributed by atoms with Gasteiger partial charge in [0, 0.05) is 11.5 Å². The molecular weight excluding hydrogens is 364 g/mol. The smallest absolute Gasteiger partial charge is 0.279 e. The largest absolute Gasteiger partial charge is 0.300 e. The summed E-state index contributed by atoms with van der Waals surface area (Å²) in [7, 11) is 0. The monoisotopic (exact) mass is 384 g/mol. The number of ketones is 1. The zero-order valence-electron chi connectivity index (χ0n) is 15.6. The number of hydrogen-bond acceptors (Lipinski definition) is 7. The Morgan fingerprint density at radius 3 is 2.56 bits per heavy atom. The number of nitrogens with zero attached hydrogens (tertiary/aromatic N) is 5. The number of nitrogens with one attached hydrogen (secondary N) is 1. The first-order valence-electron chi connectivity index (χ1n) is 8.51. The minimum Gasteiger partial charge on any atom is -0.300 e. The summed E-state index contributed by atoms with van der Waals surface area (Å²) in [4.78, 5) is 28.0. The van der Waals surface area contributed by atoms with Crippen molar-refractivity contribution in [2.75, 3.05) is 5.32 Å². The summed E-state index contributed by atoms with van der Waals surface area (Å²) >= 11 is 1.03. The van der Waals surface area contributed by atoms with Crippen molar-refractivity contribution in [3.8, 4) is 5.69 Å². The van der Waals surface area contributed by atoms with Gasteiger partial charge >= 0.3 is 0 Å². The summed E-state index contributed by atoms with van der Waals surface area (Å²) < 4.78 is 5.76. The number of amides is 1. The second kappa shape index (κ2) is 7.75. The number of hydrogen-bond donors (Lipinski definition) is 1. The standard InChI is InChI=1S/C18H20N6O2S/c1-10(2)16-15(21-23-24(16)13-7-5-11(3)6-8-13)17(26)20-18-19-14(22-27-18)9-12(4)25/h5-8,10H,9H2,1-4H3,(H,19,20,22,26). The van der Waals surface area contributed by atoms with Crippen molar-refractivity contribution in [1.29, 1.82) is 0 Å². The van der Waals surface area contributed by atoms with Gasteiger partial charge in [-0.25, -0.2) is 9.67 Å². The van der Waals surface area contributed by atoms with Crippen LogP contribution in [0.4, 0.5) is 5.13 Å². The van der Waals surface area contributed by atoms with Crippen molar-refractivity contribution >= 4 is 28.4 Å². The number of benzene rings is 1. The molecule has 0 radical (unpaired) electrons. The Bertz CT molecular complexity index is 974. The van der Waals surface area contributed by atoms with Crippen LogP contribution in [0.15, 0.2) is 24.3 Å². The zero-order valence-corrected chi connectivity index (χ0v) is 16.4. The van der Waals surface area contributed by atoms with Gasteiger partial charge in [0.15, 0.2) is 11.5 Å². The molecule has 1 N–H and O–H groups in total. The summed E-state index contributed by atoms with van der Waals surface area (Å²) in [6.07, 6.45) is 0.146. The van der Waals surface area contributed by atoms with Gasteiger partial charge in [-0.1, -0.05) is 36.8 Å². The molecule has 0 atom stereocenters.